The molecule has 124 valence electrons. The first-order valence-corrected chi connectivity index (χ1v) is 8.88. The third kappa shape index (κ3) is 4.03. The first-order valence-electron chi connectivity index (χ1n) is 7.07. The van der Waals surface area contributed by atoms with Crippen molar-refractivity contribution in [3.8, 4) is 11.5 Å². The van der Waals surface area contributed by atoms with Gasteiger partial charge >= 0.3 is 0 Å². The number of ether oxygens (including phenoxy) is 1. The van der Waals surface area contributed by atoms with Crippen molar-refractivity contribution >= 4 is 21.6 Å². The number of para-hydroxylation sites is 1. The molecule has 0 fully saturated rings. The molecule has 0 spiro atoms. The molecular formula is C16H19ClN2O3S. The Bertz CT molecular complexity index is 763. The van der Waals surface area contributed by atoms with E-state index < -0.39 is 10.0 Å². The molecule has 0 radical (unpaired) electrons. The second kappa shape index (κ2) is 7.31. The van der Waals surface area contributed by atoms with Gasteiger partial charge in [-0.3, -0.25) is 0 Å². The molecule has 0 aliphatic heterocycles. The van der Waals surface area contributed by atoms with Gasteiger partial charge < -0.3 is 10.5 Å². The molecule has 0 heterocycles. The summed E-state index contributed by atoms with van der Waals surface area (Å²) in [6.07, 6.45) is 0. The van der Waals surface area contributed by atoms with Crippen LogP contribution in [0.3, 0.4) is 0 Å². The molecule has 1 unspecified atom stereocenters. The van der Waals surface area contributed by atoms with Crippen molar-refractivity contribution in [2.45, 2.75) is 17.9 Å². The Morgan fingerprint density at radius 1 is 1.17 bits per heavy atom. The topological polar surface area (TPSA) is 72.6 Å². The van der Waals surface area contributed by atoms with Gasteiger partial charge in [-0.05, 0) is 43.3 Å². The molecule has 0 amide bonds. The summed E-state index contributed by atoms with van der Waals surface area (Å²) in [4.78, 5) is 0.187. The van der Waals surface area contributed by atoms with Crippen molar-refractivity contribution in [2.24, 2.45) is 5.73 Å². The van der Waals surface area contributed by atoms with E-state index in [9.17, 15) is 8.42 Å². The van der Waals surface area contributed by atoms with Gasteiger partial charge in [-0.1, -0.05) is 23.7 Å². The average molecular weight is 355 g/mol. The Morgan fingerprint density at radius 3 is 2.35 bits per heavy atom. The second-order valence-electron chi connectivity index (χ2n) is 5.11. The fourth-order valence-corrected chi connectivity index (χ4v) is 3.43. The van der Waals surface area contributed by atoms with Gasteiger partial charge in [-0.2, -0.15) is 4.31 Å². The highest BCUT2D eigenvalue weighted by atomic mass is 35.5. The fraction of sp³-hybridized carbons (Fsp3) is 0.250. The first kappa shape index (κ1) is 17.7. The summed E-state index contributed by atoms with van der Waals surface area (Å²) in [6.45, 7) is 2.01. The van der Waals surface area contributed by atoms with E-state index in [1.807, 2.05) is 6.07 Å². The number of nitrogens with zero attached hydrogens (tertiary/aromatic N) is 1. The Morgan fingerprint density at radius 2 is 1.78 bits per heavy atom. The van der Waals surface area contributed by atoms with Gasteiger partial charge in [0, 0.05) is 19.6 Å². The van der Waals surface area contributed by atoms with Crippen LogP contribution < -0.4 is 10.5 Å². The third-order valence-corrected chi connectivity index (χ3v) is 5.83. The summed E-state index contributed by atoms with van der Waals surface area (Å²) in [5, 5.41) is 0.487. The van der Waals surface area contributed by atoms with E-state index in [1.54, 1.807) is 37.3 Å². The average Bonchev–Trinajstić information content (AvgIpc) is 2.56. The van der Waals surface area contributed by atoms with E-state index in [0.29, 0.717) is 16.5 Å². The number of halogens is 1. The van der Waals surface area contributed by atoms with Crippen LogP contribution in [-0.2, 0) is 10.0 Å². The highest BCUT2D eigenvalue weighted by Crippen LogP contribution is 2.29. The zero-order chi connectivity index (χ0) is 17.0. The Balaban J connectivity index is 2.21. The SMILES string of the molecule is CC(CN)N(C)S(=O)(=O)c1ccc(Oc2ccccc2Cl)cc1. The number of hydrogen-bond acceptors (Lipinski definition) is 4. The van der Waals surface area contributed by atoms with Crippen LogP contribution in [0.15, 0.2) is 53.4 Å². The maximum Gasteiger partial charge on any atom is 0.243 e. The van der Waals surface area contributed by atoms with E-state index in [4.69, 9.17) is 22.1 Å². The van der Waals surface area contributed by atoms with Crippen LogP contribution in [-0.4, -0.2) is 32.4 Å². The number of hydrogen-bond donors (Lipinski definition) is 1. The molecule has 2 aromatic carbocycles. The zero-order valence-electron chi connectivity index (χ0n) is 12.9. The van der Waals surface area contributed by atoms with Gasteiger partial charge in [0.15, 0.2) is 0 Å². The normalized spacial score (nSPS) is 13.1. The van der Waals surface area contributed by atoms with Crippen LogP contribution >= 0.6 is 11.6 Å². The van der Waals surface area contributed by atoms with Gasteiger partial charge in [0.25, 0.3) is 0 Å². The zero-order valence-corrected chi connectivity index (χ0v) is 14.5. The monoisotopic (exact) mass is 354 g/mol. The summed E-state index contributed by atoms with van der Waals surface area (Å²) >= 11 is 6.03. The van der Waals surface area contributed by atoms with E-state index in [2.05, 4.69) is 0 Å². The molecule has 1 atom stereocenters. The molecule has 2 N–H and O–H groups in total. The lowest BCUT2D eigenvalue weighted by atomic mass is 10.3. The molecule has 23 heavy (non-hydrogen) atoms. The van der Waals surface area contributed by atoms with Crippen LogP contribution in [0.2, 0.25) is 5.02 Å². The predicted molar refractivity (Wildman–Crippen MR) is 91.4 cm³/mol. The van der Waals surface area contributed by atoms with Crippen LogP contribution in [0, 0.1) is 0 Å². The molecule has 2 aromatic rings. The summed E-state index contributed by atoms with van der Waals surface area (Å²) < 4.78 is 31.8. The number of nitrogens with two attached hydrogens (primary N) is 1. The highest BCUT2D eigenvalue weighted by molar-refractivity contribution is 7.89. The van der Waals surface area contributed by atoms with Crippen molar-refractivity contribution in [3.05, 3.63) is 53.6 Å². The minimum absolute atomic E-state index is 0.187. The minimum atomic E-state index is -3.58. The largest absolute Gasteiger partial charge is 0.456 e. The maximum atomic E-state index is 12.5. The van der Waals surface area contributed by atoms with Gasteiger partial charge in [0.1, 0.15) is 11.5 Å². The van der Waals surface area contributed by atoms with Gasteiger partial charge in [-0.25, -0.2) is 8.42 Å². The van der Waals surface area contributed by atoms with Crippen LogP contribution in [0.4, 0.5) is 0 Å². The summed E-state index contributed by atoms with van der Waals surface area (Å²) in [6, 6.07) is 13.0. The van der Waals surface area contributed by atoms with E-state index >= 15 is 0 Å². The van der Waals surface area contributed by atoms with Crippen molar-refractivity contribution in [1.29, 1.82) is 0 Å². The number of rotatable bonds is 6. The third-order valence-electron chi connectivity index (χ3n) is 3.53. The number of likely N-dealkylation sites (N-methyl/N-ethyl adjacent to an activating group) is 1. The highest BCUT2D eigenvalue weighted by Gasteiger charge is 2.24. The molecule has 5 nitrogen and oxygen atoms in total. The Labute approximate surface area is 141 Å². The lowest BCUT2D eigenvalue weighted by molar-refractivity contribution is 0.394. The molecule has 0 aromatic heterocycles. The van der Waals surface area contributed by atoms with Crippen LogP contribution in [0.5, 0.6) is 11.5 Å². The maximum absolute atomic E-state index is 12.5. The van der Waals surface area contributed by atoms with E-state index in [-0.39, 0.29) is 17.5 Å². The van der Waals surface area contributed by atoms with Crippen molar-refractivity contribution in [2.75, 3.05) is 13.6 Å². The van der Waals surface area contributed by atoms with Gasteiger partial charge in [-0.15, -0.1) is 0 Å². The van der Waals surface area contributed by atoms with Crippen molar-refractivity contribution in [1.82, 2.24) is 4.31 Å². The van der Waals surface area contributed by atoms with Crippen LogP contribution in [0.25, 0.3) is 0 Å². The van der Waals surface area contributed by atoms with Crippen molar-refractivity contribution < 1.29 is 13.2 Å². The summed E-state index contributed by atoms with van der Waals surface area (Å²) in [5.41, 5.74) is 5.53. The molecule has 0 aliphatic rings. The Kier molecular flexibility index (Phi) is 5.64. The lowest BCUT2D eigenvalue weighted by Crippen LogP contribution is -2.39. The first-order chi connectivity index (χ1) is 10.9. The lowest BCUT2D eigenvalue weighted by Gasteiger charge is -2.23. The van der Waals surface area contributed by atoms with Gasteiger partial charge in [0.05, 0.1) is 9.92 Å². The standard InChI is InChI=1S/C16H19ClN2O3S/c1-12(11-18)19(2)23(20,21)14-9-7-13(8-10-14)22-16-6-4-3-5-15(16)17/h3-10,12H,11,18H2,1-2H3. The molecule has 0 aliphatic carbocycles. The van der Waals surface area contributed by atoms with E-state index in [0.717, 1.165) is 0 Å². The molecule has 0 saturated carbocycles. The van der Waals surface area contributed by atoms with Gasteiger partial charge in [0.2, 0.25) is 10.0 Å². The number of sulfonamides is 1. The van der Waals surface area contributed by atoms with Crippen LogP contribution in [0.1, 0.15) is 6.92 Å². The molecule has 2 rings (SSSR count). The smallest absolute Gasteiger partial charge is 0.243 e. The molecule has 0 saturated heterocycles. The Hall–Kier alpha value is -1.60. The molecule has 0 bridgehead atoms. The fourth-order valence-electron chi connectivity index (χ4n) is 1.89. The quantitative estimate of drug-likeness (QED) is 0.865. The second-order valence-corrected chi connectivity index (χ2v) is 7.51. The minimum Gasteiger partial charge on any atom is -0.456 e. The summed E-state index contributed by atoms with van der Waals surface area (Å²) in [7, 11) is -2.06. The van der Waals surface area contributed by atoms with E-state index in [1.165, 1.54) is 23.5 Å². The molecule has 7 heteroatoms. The molecular weight excluding hydrogens is 336 g/mol. The summed E-state index contributed by atoms with van der Waals surface area (Å²) in [5.74, 6) is 1.02. The number of benzene rings is 2. The predicted octanol–water partition coefficient (Wildman–Crippen LogP) is 3.10. The van der Waals surface area contributed by atoms with Crippen molar-refractivity contribution in [3.63, 3.8) is 0 Å².